The van der Waals surface area contributed by atoms with Crippen molar-refractivity contribution in [3.63, 3.8) is 0 Å². The molecule has 2 saturated heterocycles. The van der Waals surface area contributed by atoms with Gasteiger partial charge in [-0.1, -0.05) is 15.9 Å². The van der Waals surface area contributed by atoms with Crippen molar-refractivity contribution in [3.05, 3.63) is 22.2 Å². The molecule has 21 heavy (non-hydrogen) atoms. The first-order valence-corrected chi connectivity index (χ1v) is 8.28. The molecule has 0 aliphatic carbocycles. The average molecular weight is 355 g/mol. The molecule has 1 aromatic carbocycles. The number of methoxy groups -OCH3 is 2. The fourth-order valence-corrected chi connectivity index (χ4v) is 4.01. The zero-order valence-electron chi connectivity index (χ0n) is 12.7. The Hall–Kier alpha value is -0.780. The minimum atomic E-state index is 0.517. The summed E-state index contributed by atoms with van der Waals surface area (Å²) in [5.74, 6) is 1.57. The molecule has 0 aromatic heterocycles. The van der Waals surface area contributed by atoms with Crippen molar-refractivity contribution >= 4 is 15.9 Å². The van der Waals surface area contributed by atoms with Crippen LogP contribution in [-0.2, 0) is 6.54 Å². The minimum absolute atomic E-state index is 0.517. The van der Waals surface area contributed by atoms with Crippen molar-refractivity contribution in [2.45, 2.75) is 19.4 Å². The molecule has 2 aliphatic rings. The topological polar surface area (TPSA) is 33.7 Å². The van der Waals surface area contributed by atoms with Crippen molar-refractivity contribution < 1.29 is 9.47 Å². The van der Waals surface area contributed by atoms with Gasteiger partial charge in [-0.25, -0.2) is 0 Å². The Labute approximate surface area is 134 Å². The maximum absolute atomic E-state index is 5.42. The third kappa shape index (κ3) is 3.05. The highest BCUT2D eigenvalue weighted by Crippen LogP contribution is 2.38. The van der Waals surface area contributed by atoms with Crippen LogP contribution in [0.1, 0.15) is 18.4 Å². The number of ether oxygens (including phenoxy) is 2. The Morgan fingerprint density at radius 3 is 2.67 bits per heavy atom. The third-order valence-electron chi connectivity index (χ3n) is 4.80. The maximum atomic E-state index is 5.42. The van der Waals surface area contributed by atoms with Gasteiger partial charge in [0.1, 0.15) is 0 Å². The fraction of sp³-hybridized carbons (Fsp3) is 0.625. The molecule has 1 aromatic rings. The number of benzene rings is 1. The van der Waals surface area contributed by atoms with E-state index in [1.165, 1.54) is 44.6 Å². The standard InChI is InChI=1S/C16H23BrN2O2/c1-20-14-7-12(13(17)8-15(14)21-2)9-19-6-4-16(11-19)3-5-18-10-16/h7-8,18H,3-6,9-11H2,1-2H3. The Kier molecular flexibility index (Phi) is 4.43. The molecule has 0 bridgehead atoms. The van der Waals surface area contributed by atoms with Crippen LogP contribution in [0, 0.1) is 5.41 Å². The van der Waals surface area contributed by atoms with Gasteiger partial charge in [0.15, 0.2) is 11.5 Å². The lowest BCUT2D eigenvalue weighted by atomic mass is 9.86. The van der Waals surface area contributed by atoms with Gasteiger partial charge in [-0.15, -0.1) is 0 Å². The summed E-state index contributed by atoms with van der Waals surface area (Å²) >= 11 is 3.66. The van der Waals surface area contributed by atoms with Crippen LogP contribution in [0.2, 0.25) is 0 Å². The van der Waals surface area contributed by atoms with Crippen LogP contribution in [0.25, 0.3) is 0 Å². The van der Waals surface area contributed by atoms with Crippen molar-refractivity contribution in [3.8, 4) is 11.5 Å². The molecule has 2 fully saturated rings. The number of nitrogens with one attached hydrogen (secondary N) is 1. The molecule has 0 saturated carbocycles. The second-order valence-electron chi connectivity index (χ2n) is 6.19. The second kappa shape index (κ2) is 6.15. The minimum Gasteiger partial charge on any atom is -0.493 e. The van der Waals surface area contributed by atoms with Crippen molar-refractivity contribution in [1.82, 2.24) is 10.2 Å². The Morgan fingerprint density at radius 2 is 2.00 bits per heavy atom. The summed E-state index contributed by atoms with van der Waals surface area (Å²) in [5, 5.41) is 3.51. The lowest BCUT2D eigenvalue weighted by molar-refractivity contribution is 0.267. The predicted molar refractivity (Wildman–Crippen MR) is 87.1 cm³/mol. The number of nitrogens with zero attached hydrogens (tertiary/aromatic N) is 1. The summed E-state index contributed by atoms with van der Waals surface area (Å²) in [5.41, 5.74) is 1.78. The number of hydrogen-bond acceptors (Lipinski definition) is 4. The van der Waals surface area contributed by atoms with Crippen molar-refractivity contribution in [2.24, 2.45) is 5.41 Å². The zero-order chi connectivity index (χ0) is 14.9. The van der Waals surface area contributed by atoms with Crippen LogP contribution in [0.4, 0.5) is 0 Å². The number of hydrogen-bond donors (Lipinski definition) is 1. The summed E-state index contributed by atoms with van der Waals surface area (Å²) in [6.07, 6.45) is 2.63. The van der Waals surface area contributed by atoms with E-state index in [0.717, 1.165) is 22.5 Å². The average Bonchev–Trinajstić information content (AvgIpc) is 3.11. The van der Waals surface area contributed by atoms with E-state index in [0.29, 0.717) is 5.41 Å². The highest BCUT2D eigenvalue weighted by Gasteiger charge is 2.40. The van der Waals surface area contributed by atoms with Gasteiger partial charge in [0.25, 0.3) is 0 Å². The van der Waals surface area contributed by atoms with Crippen LogP contribution in [0.5, 0.6) is 11.5 Å². The molecule has 116 valence electrons. The quantitative estimate of drug-likeness (QED) is 0.901. The van der Waals surface area contributed by atoms with Gasteiger partial charge >= 0.3 is 0 Å². The van der Waals surface area contributed by atoms with Gasteiger partial charge in [-0.3, -0.25) is 4.90 Å². The van der Waals surface area contributed by atoms with Crippen molar-refractivity contribution in [1.29, 1.82) is 0 Å². The van der Waals surface area contributed by atoms with Gasteiger partial charge in [0, 0.05) is 24.1 Å². The van der Waals surface area contributed by atoms with Gasteiger partial charge in [0.05, 0.1) is 14.2 Å². The summed E-state index contributed by atoms with van der Waals surface area (Å²) in [6, 6.07) is 4.08. The highest BCUT2D eigenvalue weighted by atomic mass is 79.9. The molecular weight excluding hydrogens is 332 g/mol. The molecule has 0 amide bonds. The van der Waals surface area contributed by atoms with Gasteiger partial charge < -0.3 is 14.8 Å². The van der Waals surface area contributed by atoms with Crippen LogP contribution in [-0.4, -0.2) is 45.3 Å². The molecular formula is C16H23BrN2O2. The fourth-order valence-electron chi connectivity index (χ4n) is 3.56. The first-order valence-electron chi connectivity index (χ1n) is 7.49. The summed E-state index contributed by atoms with van der Waals surface area (Å²) in [6.45, 7) is 5.69. The molecule has 3 rings (SSSR count). The van der Waals surface area contributed by atoms with E-state index in [4.69, 9.17) is 9.47 Å². The van der Waals surface area contributed by atoms with Crippen LogP contribution < -0.4 is 14.8 Å². The Morgan fingerprint density at radius 1 is 1.24 bits per heavy atom. The highest BCUT2D eigenvalue weighted by molar-refractivity contribution is 9.10. The van der Waals surface area contributed by atoms with Gasteiger partial charge in [0.2, 0.25) is 0 Å². The van der Waals surface area contributed by atoms with Crippen molar-refractivity contribution in [2.75, 3.05) is 40.4 Å². The number of rotatable bonds is 4. The van der Waals surface area contributed by atoms with E-state index in [2.05, 4.69) is 32.2 Å². The van der Waals surface area contributed by atoms with Crippen LogP contribution in [0.3, 0.4) is 0 Å². The maximum Gasteiger partial charge on any atom is 0.161 e. The first kappa shape index (κ1) is 15.1. The normalized spacial score (nSPS) is 25.7. The molecule has 1 unspecified atom stereocenters. The second-order valence-corrected chi connectivity index (χ2v) is 7.04. The van der Waals surface area contributed by atoms with E-state index in [9.17, 15) is 0 Å². The lowest BCUT2D eigenvalue weighted by Gasteiger charge is -2.23. The number of likely N-dealkylation sites (tertiary alicyclic amines) is 1. The van der Waals surface area contributed by atoms with E-state index in [-0.39, 0.29) is 0 Å². The van der Waals surface area contributed by atoms with E-state index in [1.807, 2.05) is 6.07 Å². The largest absolute Gasteiger partial charge is 0.493 e. The predicted octanol–water partition coefficient (Wildman–Crippen LogP) is 2.65. The molecule has 1 N–H and O–H groups in total. The molecule has 0 radical (unpaired) electrons. The smallest absolute Gasteiger partial charge is 0.161 e. The molecule has 5 heteroatoms. The van der Waals surface area contributed by atoms with E-state index >= 15 is 0 Å². The number of halogens is 1. The molecule has 2 heterocycles. The molecule has 1 atom stereocenters. The first-order chi connectivity index (χ1) is 10.2. The molecule has 2 aliphatic heterocycles. The van der Waals surface area contributed by atoms with Crippen LogP contribution >= 0.6 is 15.9 Å². The monoisotopic (exact) mass is 354 g/mol. The molecule has 1 spiro atoms. The summed E-state index contributed by atoms with van der Waals surface area (Å²) < 4.78 is 11.8. The SMILES string of the molecule is COc1cc(Br)c(CN2CCC3(CCNC3)C2)cc1OC. The third-order valence-corrected chi connectivity index (χ3v) is 5.53. The summed E-state index contributed by atoms with van der Waals surface area (Å²) in [7, 11) is 3.35. The lowest BCUT2D eigenvalue weighted by Crippen LogP contribution is -2.29. The van der Waals surface area contributed by atoms with Gasteiger partial charge in [-0.05, 0) is 49.0 Å². The summed E-state index contributed by atoms with van der Waals surface area (Å²) in [4.78, 5) is 2.55. The Balaban J connectivity index is 1.73. The van der Waals surface area contributed by atoms with E-state index < -0.39 is 0 Å². The van der Waals surface area contributed by atoms with Gasteiger partial charge in [-0.2, -0.15) is 0 Å². The zero-order valence-corrected chi connectivity index (χ0v) is 14.3. The Bertz CT molecular complexity index is 515. The van der Waals surface area contributed by atoms with Crippen LogP contribution in [0.15, 0.2) is 16.6 Å². The molecule has 4 nitrogen and oxygen atoms in total. The van der Waals surface area contributed by atoms with E-state index in [1.54, 1.807) is 14.2 Å².